The predicted molar refractivity (Wildman–Crippen MR) is 88.1 cm³/mol. The summed E-state index contributed by atoms with van der Waals surface area (Å²) >= 11 is 1.55. The number of rotatable bonds is 2. The quantitative estimate of drug-likeness (QED) is 0.730. The zero-order valence-corrected chi connectivity index (χ0v) is 13.9. The van der Waals surface area contributed by atoms with Crippen LogP contribution < -0.4 is 4.80 Å². The van der Waals surface area contributed by atoms with Crippen LogP contribution in [0.2, 0.25) is 0 Å². The maximum absolute atomic E-state index is 12.5. The Morgan fingerprint density at radius 3 is 2.77 bits per heavy atom. The highest BCUT2D eigenvalue weighted by molar-refractivity contribution is 7.16. The Kier molecular flexibility index (Phi) is 3.70. The van der Waals surface area contributed by atoms with E-state index in [9.17, 15) is 4.79 Å². The molecule has 1 amide bonds. The van der Waals surface area contributed by atoms with Crippen molar-refractivity contribution in [2.45, 2.75) is 27.3 Å². The maximum atomic E-state index is 12.5. The SMILES string of the molecule is CCn1c(=NC(=O)c2c(C)cnn2C)sc2cc(C)ccc21. The number of aryl methyl sites for hydroxylation is 4. The van der Waals surface area contributed by atoms with E-state index in [2.05, 4.69) is 46.7 Å². The van der Waals surface area contributed by atoms with Gasteiger partial charge in [-0.2, -0.15) is 10.1 Å². The lowest BCUT2D eigenvalue weighted by Gasteiger charge is -2.01. The number of thiazole rings is 1. The molecule has 0 aliphatic rings. The Labute approximate surface area is 132 Å². The van der Waals surface area contributed by atoms with Crippen LogP contribution in [0.15, 0.2) is 29.4 Å². The third-order valence-corrected chi connectivity index (χ3v) is 4.72. The van der Waals surface area contributed by atoms with Crippen LogP contribution in [-0.2, 0) is 13.6 Å². The standard InChI is InChI=1S/C16H18N4OS/c1-5-20-12-7-6-10(2)8-13(12)22-16(20)18-15(21)14-11(3)9-17-19(14)4/h6-9H,5H2,1-4H3. The lowest BCUT2D eigenvalue weighted by molar-refractivity contribution is 0.0988. The Balaban J connectivity index is 2.19. The summed E-state index contributed by atoms with van der Waals surface area (Å²) in [5.74, 6) is -0.247. The van der Waals surface area contributed by atoms with Crippen molar-refractivity contribution in [3.05, 3.63) is 46.0 Å². The van der Waals surface area contributed by atoms with Gasteiger partial charge >= 0.3 is 0 Å². The first-order valence-corrected chi connectivity index (χ1v) is 8.00. The second-order valence-electron chi connectivity index (χ2n) is 5.32. The average molecular weight is 314 g/mol. The first kappa shape index (κ1) is 14.7. The zero-order valence-electron chi connectivity index (χ0n) is 13.1. The molecule has 0 saturated carbocycles. The van der Waals surface area contributed by atoms with Crippen molar-refractivity contribution in [3.8, 4) is 0 Å². The molecule has 0 unspecified atom stereocenters. The largest absolute Gasteiger partial charge is 0.317 e. The number of benzene rings is 1. The van der Waals surface area contributed by atoms with E-state index in [0.717, 1.165) is 27.1 Å². The van der Waals surface area contributed by atoms with Crippen LogP contribution in [0.25, 0.3) is 10.2 Å². The molecule has 0 atom stereocenters. The summed E-state index contributed by atoms with van der Waals surface area (Å²) in [6.07, 6.45) is 1.69. The Morgan fingerprint density at radius 1 is 1.36 bits per heavy atom. The molecule has 3 aromatic rings. The van der Waals surface area contributed by atoms with Crippen molar-refractivity contribution in [1.29, 1.82) is 0 Å². The van der Waals surface area contributed by atoms with E-state index in [4.69, 9.17) is 0 Å². The topological polar surface area (TPSA) is 52.2 Å². The van der Waals surface area contributed by atoms with Gasteiger partial charge in [-0.05, 0) is 38.5 Å². The van der Waals surface area contributed by atoms with Gasteiger partial charge in [0.15, 0.2) is 4.80 Å². The molecule has 0 spiro atoms. The summed E-state index contributed by atoms with van der Waals surface area (Å²) in [6.45, 7) is 6.78. The molecule has 2 heterocycles. The number of hydrogen-bond acceptors (Lipinski definition) is 3. The van der Waals surface area contributed by atoms with Gasteiger partial charge in [0, 0.05) is 19.2 Å². The molecule has 0 aliphatic carbocycles. The number of amides is 1. The van der Waals surface area contributed by atoms with Gasteiger partial charge in [-0.3, -0.25) is 9.48 Å². The van der Waals surface area contributed by atoms with Gasteiger partial charge in [0.05, 0.1) is 16.4 Å². The van der Waals surface area contributed by atoms with Crippen LogP contribution in [0.3, 0.4) is 0 Å². The Bertz CT molecular complexity index is 910. The molecule has 3 rings (SSSR count). The molecule has 22 heavy (non-hydrogen) atoms. The summed E-state index contributed by atoms with van der Waals surface area (Å²) in [5, 5.41) is 4.11. The Hall–Kier alpha value is -2.21. The first-order valence-electron chi connectivity index (χ1n) is 7.19. The maximum Gasteiger partial charge on any atom is 0.298 e. The minimum atomic E-state index is -0.247. The molecule has 114 valence electrons. The number of carbonyl (C=O) groups excluding carboxylic acids is 1. The van der Waals surface area contributed by atoms with Crippen LogP contribution in [0, 0.1) is 13.8 Å². The highest BCUT2D eigenvalue weighted by Gasteiger charge is 2.14. The summed E-state index contributed by atoms with van der Waals surface area (Å²) in [7, 11) is 1.76. The second kappa shape index (κ2) is 5.53. The molecule has 0 N–H and O–H groups in total. The minimum Gasteiger partial charge on any atom is -0.317 e. The number of aromatic nitrogens is 3. The smallest absolute Gasteiger partial charge is 0.298 e. The third-order valence-electron chi connectivity index (χ3n) is 3.68. The Morgan fingerprint density at radius 2 is 2.14 bits per heavy atom. The van der Waals surface area contributed by atoms with Gasteiger partial charge in [-0.25, -0.2) is 0 Å². The van der Waals surface area contributed by atoms with Crippen molar-refractivity contribution < 1.29 is 4.79 Å². The van der Waals surface area contributed by atoms with E-state index in [1.165, 1.54) is 5.56 Å². The van der Waals surface area contributed by atoms with Gasteiger partial charge in [0.1, 0.15) is 5.69 Å². The van der Waals surface area contributed by atoms with Crippen molar-refractivity contribution in [2.24, 2.45) is 12.0 Å². The second-order valence-corrected chi connectivity index (χ2v) is 6.33. The fourth-order valence-corrected chi connectivity index (χ4v) is 3.76. The zero-order chi connectivity index (χ0) is 15.9. The summed E-state index contributed by atoms with van der Waals surface area (Å²) in [4.78, 5) is 17.6. The molecule has 0 bridgehead atoms. The van der Waals surface area contributed by atoms with E-state index < -0.39 is 0 Å². The third kappa shape index (κ3) is 2.39. The highest BCUT2D eigenvalue weighted by atomic mass is 32.1. The fourth-order valence-electron chi connectivity index (χ4n) is 2.57. The molecule has 5 nitrogen and oxygen atoms in total. The number of fused-ring (bicyclic) bond motifs is 1. The van der Waals surface area contributed by atoms with Crippen LogP contribution in [-0.4, -0.2) is 20.3 Å². The molecule has 2 aromatic heterocycles. The molecule has 0 saturated heterocycles. The molecule has 0 aliphatic heterocycles. The summed E-state index contributed by atoms with van der Waals surface area (Å²) in [6, 6.07) is 6.30. The number of carbonyl (C=O) groups is 1. The van der Waals surface area contributed by atoms with Crippen LogP contribution in [0.4, 0.5) is 0 Å². The van der Waals surface area contributed by atoms with Crippen molar-refractivity contribution in [1.82, 2.24) is 14.3 Å². The lowest BCUT2D eigenvalue weighted by Crippen LogP contribution is -2.17. The van der Waals surface area contributed by atoms with E-state index in [-0.39, 0.29) is 5.91 Å². The average Bonchev–Trinajstić information content (AvgIpc) is 2.97. The monoisotopic (exact) mass is 314 g/mol. The van der Waals surface area contributed by atoms with Crippen LogP contribution in [0.5, 0.6) is 0 Å². The molecule has 6 heteroatoms. The van der Waals surface area contributed by atoms with Gasteiger partial charge in [0.25, 0.3) is 5.91 Å². The van der Waals surface area contributed by atoms with Gasteiger partial charge in [-0.15, -0.1) is 0 Å². The van der Waals surface area contributed by atoms with E-state index in [0.29, 0.717) is 5.69 Å². The molecule has 1 aromatic carbocycles. The van der Waals surface area contributed by atoms with Crippen molar-refractivity contribution in [2.75, 3.05) is 0 Å². The lowest BCUT2D eigenvalue weighted by atomic mass is 10.2. The summed E-state index contributed by atoms with van der Waals surface area (Å²) < 4.78 is 4.80. The highest BCUT2D eigenvalue weighted by Crippen LogP contribution is 2.19. The van der Waals surface area contributed by atoms with Gasteiger partial charge in [-0.1, -0.05) is 17.4 Å². The normalized spacial score (nSPS) is 12.3. The van der Waals surface area contributed by atoms with E-state index in [1.807, 2.05) is 6.92 Å². The van der Waals surface area contributed by atoms with Crippen LogP contribution in [0.1, 0.15) is 28.5 Å². The van der Waals surface area contributed by atoms with Gasteiger partial charge < -0.3 is 4.57 Å². The predicted octanol–water partition coefficient (Wildman–Crippen LogP) is 2.81. The first-order chi connectivity index (χ1) is 10.5. The van der Waals surface area contributed by atoms with E-state index in [1.54, 1.807) is 29.3 Å². The molecule has 0 fully saturated rings. The number of nitrogens with zero attached hydrogens (tertiary/aromatic N) is 4. The minimum absolute atomic E-state index is 0.247. The van der Waals surface area contributed by atoms with Crippen LogP contribution >= 0.6 is 11.3 Å². The fraction of sp³-hybridized carbons (Fsp3) is 0.312. The van der Waals surface area contributed by atoms with Gasteiger partial charge in [0.2, 0.25) is 0 Å². The van der Waals surface area contributed by atoms with E-state index >= 15 is 0 Å². The molecular weight excluding hydrogens is 296 g/mol. The van der Waals surface area contributed by atoms with Crippen molar-refractivity contribution in [3.63, 3.8) is 0 Å². The number of hydrogen-bond donors (Lipinski definition) is 0. The van der Waals surface area contributed by atoms with Crippen molar-refractivity contribution >= 4 is 27.5 Å². The molecular formula is C16H18N4OS. The molecule has 0 radical (unpaired) electrons. The summed E-state index contributed by atoms with van der Waals surface area (Å²) in [5.41, 5.74) is 3.70.